The van der Waals surface area contributed by atoms with Crippen molar-refractivity contribution in [3.63, 3.8) is 0 Å². The van der Waals surface area contributed by atoms with Crippen LogP contribution in [0.5, 0.6) is 5.75 Å². The summed E-state index contributed by atoms with van der Waals surface area (Å²) in [7, 11) is 0. The first-order valence-electron chi connectivity index (χ1n) is 10.5. The molecule has 2 aliphatic rings. The van der Waals surface area contributed by atoms with Crippen molar-refractivity contribution >= 4 is 16.9 Å². The van der Waals surface area contributed by atoms with Crippen LogP contribution in [-0.4, -0.2) is 59.0 Å². The first kappa shape index (κ1) is 19.7. The van der Waals surface area contributed by atoms with E-state index in [4.69, 9.17) is 0 Å². The Kier molecular flexibility index (Phi) is 4.40. The number of nitrogens with zero attached hydrogens (tertiary/aromatic N) is 5. The number of carbonyl (C=O) groups excluding carboxylic acids is 1. The Bertz CT molecular complexity index is 1200. The van der Waals surface area contributed by atoms with Gasteiger partial charge in [0.25, 0.3) is 5.56 Å². The molecule has 1 aromatic carbocycles. The number of hydrogen-bond donors (Lipinski definition) is 2. The van der Waals surface area contributed by atoms with Crippen LogP contribution in [0.3, 0.4) is 0 Å². The molecule has 3 aromatic rings. The number of aromatic nitrogens is 4. The maximum Gasteiger partial charge on any atom is 0.264 e. The van der Waals surface area contributed by atoms with Crippen molar-refractivity contribution in [2.24, 2.45) is 5.41 Å². The zero-order valence-electron chi connectivity index (χ0n) is 17.4. The van der Waals surface area contributed by atoms with Gasteiger partial charge in [0.05, 0.1) is 24.0 Å². The number of aromatic hydroxyl groups is 1. The van der Waals surface area contributed by atoms with E-state index < -0.39 is 5.60 Å². The minimum absolute atomic E-state index is 0.123. The van der Waals surface area contributed by atoms with E-state index in [2.05, 4.69) is 10.1 Å². The number of carbonyl (C=O) groups is 1. The van der Waals surface area contributed by atoms with Crippen molar-refractivity contribution in [3.8, 4) is 11.4 Å². The molecule has 1 aliphatic heterocycles. The molecule has 1 aliphatic carbocycles. The lowest BCUT2D eigenvalue weighted by molar-refractivity contribution is -0.141. The highest BCUT2D eigenvalue weighted by atomic mass is 16.3. The largest absolute Gasteiger partial charge is 0.508 e. The second-order valence-corrected chi connectivity index (χ2v) is 9.06. The molecule has 31 heavy (non-hydrogen) atoms. The average Bonchev–Trinajstić information content (AvgIpc) is 3.36. The number of amides is 1. The van der Waals surface area contributed by atoms with Crippen LogP contribution in [0, 0.1) is 5.41 Å². The number of piperidine rings is 1. The van der Waals surface area contributed by atoms with E-state index in [1.807, 2.05) is 11.8 Å². The van der Waals surface area contributed by atoms with Crippen molar-refractivity contribution in [1.29, 1.82) is 0 Å². The molecule has 1 saturated carbocycles. The molecule has 5 rings (SSSR count). The number of phenols is 1. The minimum atomic E-state index is -1.06. The number of likely N-dealkylation sites (tertiary alicyclic amines) is 1. The number of fused-ring (bicyclic) bond motifs is 1. The van der Waals surface area contributed by atoms with Gasteiger partial charge in [0, 0.05) is 18.5 Å². The number of phenolic OH excluding ortho intramolecular Hbond substituents is 1. The average molecular weight is 423 g/mol. The molecule has 0 bridgehead atoms. The fourth-order valence-electron chi connectivity index (χ4n) is 4.23. The maximum absolute atomic E-state index is 13.0. The van der Waals surface area contributed by atoms with Crippen molar-refractivity contribution in [1.82, 2.24) is 24.2 Å². The highest BCUT2D eigenvalue weighted by molar-refractivity contribution is 5.85. The second kappa shape index (κ2) is 6.91. The summed E-state index contributed by atoms with van der Waals surface area (Å²) in [6.07, 6.45) is 5.62. The van der Waals surface area contributed by atoms with Crippen LogP contribution in [-0.2, 0) is 11.3 Å². The topological polar surface area (TPSA) is 113 Å². The van der Waals surface area contributed by atoms with Crippen molar-refractivity contribution in [3.05, 3.63) is 47.1 Å². The molecule has 9 nitrogen and oxygen atoms in total. The third-order valence-electron chi connectivity index (χ3n) is 6.61. The van der Waals surface area contributed by atoms with E-state index in [9.17, 15) is 19.8 Å². The fraction of sp³-hybridized carbons (Fsp3) is 0.455. The lowest BCUT2D eigenvalue weighted by Crippen LogP contribution is -2.51. The smallest absolute Gasteiger partial charge is 0.264 e. The van der Waals surface area contributed by atoms with Crippen LogP contribution < -0.4 is 5.56 Å². The van der Waals surface area contributed by atoms with Gasteiger partial charge in [-0.2, -0.15) is 5.10 Å². The molecular formula is C22H25N5O4. The van der Waals surface area contributed by atoms with Gasteiger partial charge in [-0.3, -0.25) is 14.2 Å². The number of aliphatic hydroxyl groups is 1. The molecular weight excluding hydrogens is 398 g/mol. The molecule has 1 saturated heterocycles. The zero-order valence-corrected chi connectivity index (χ0v) is 17.4. The van der Waals surface area contributed by atoms with E-state index in [1.54, 1.807) is 24.3 Å². The van der Waals surface area contributed by atoms with E-state index in [0.717, 1.165) is 12.8 Å². The van der Waals surface area contributed by atoms with Gasteiger partial charge in [-0.05, 0) is 49.9 Å². The summed E-state index contributed by atoms with van der Waals surface area (Å²) < 4.78 is 2.96. The molecule has 2 N–H and O–H groups in total. The van der Waals surface area contributed by atoms with Gasteiger partial charge in [-0.25, -0.2) is 9.67 Å². The second-order valence-electron chi connectivity index (χ2n) is 9.06. The third-order valence-corrected chi connectivity index (χ3v) is 6.61. The Labute approximate surface area is 178 Å². The molecule has 2 aromatic heterocycles. The van der Waals surface area contributed by atoms with Gasteiger partial charge in [0.15, 0.2) is 5.65 Å². The molecule has 0 unspecified atom stereocenters. The normalized spacial score (nSPS) is 19.5. The summed E-state index contributed by atoms with van der Waals surface area (Å²) in [5.74, 6) is 0.319. The Morgan fingerprint density at radius 2 is 1.81 bits per heavy atom. The summed E-state index contributed by atoms with van der Waals surface area (Å²) in [6.45, 7) is 3.11. The highest BCUT2D eigenvalue weighted by Gasteiger charge is 2.48. The van der Waals surface area contributed by atoms with Crippen LogP contribution in [0.1, 0.15) is 32.6 Å². The first-order chi connectivity index (χ1) is 14.8. The SMILES string of the molecule is CC1(C(=O)N2CCC(O)(Cn3cnc4c(cnn4-c4ccc(O)cc4)c3=O)CC2)CC1. The van der Waals surface area contributed by atoms with E-state index in [0.29, 0.717) is 42.7 Å². The summed E-state index contributed by atoms with van der Waals surface area (Å²) in [4.78, 5) is 31.8. The van der Waals surface area contributed by atoms with Crippen LogP contribution in [0.25, 0.3) is 16.7 Å². The van der Waals surface area contributed by atoms with Gasteiger partial charge in [-0.15, -0.1) is 0 Å². The molecule has 162 valence electrons. The van der Waals surface area contributed by atoms with Crippen LogP contribution >= 0.6 is 0 Å². The quantitative estimate of drug-likeness (QED) is 0.657. The number of rotatable bonds is 4. The lowest BCUT2D eigenvalue weighted by Gasteiger charge is -2.39. The Morgan fingerprint density at radius 3 is 2.45 bits per heavy atom. The Hall–Kier alpha value is -3.20. The number of benzene rings is 1. The summed E-state index contributed by atoms with van der Waals surface area (Å²) in [5, 5.41) is 25.2. The predicted molar refractivity (Wildman–Crippen MR) is 113 cm³/mol. The Balaban J connectivity index is 1.35. The molecule has 3 heterocycles. The fourth-order valence-corrected chi connectivity index (χ4v) is 4.23. The minimum Gasteiger partial charge on any atom is -0.508 e. The van der Waals surface area contributed by atoms with Gasteiger partial charge in [-0.1, -0.05) is 6.92 Å². The monoisotopic (exact) mass is 423 g/mol. The summed E-state index contributed by atoms with van der Waals surface area (Å²) in [5.41, 5.74) is -0.450. The van der Waals surface area contributed by atoms with Crippen molar-refractivity contribution < 1.29 is 15.0 Å². The van der Waals surface area contributed by atoms with E-state index in [1.165, 1.54) is 21.8 Å². The molecule has 0 atom stereocenters. The van der Waals surface area contributed by atoms with Gasteiger partial charge >= 0.3 is 0 Å². The standard InChI is InChI=1S/C22H25N5O4/c1-21(6-7-21)20(30)25-10-8-22(31,9-11-25)13-26-14-23-18-17(19(26)29)12-24-27(18)15-2-4-16(28)5-3-15/h2-5,12,14,28,31H,6-11,13H2,1H3. The van der Waals surface area contributed by atoms with Gasteiger partial charge < -0.3 is 15.1 Å². The Morgan fingerprint density at radius 1 is 1.13 bits per heavy atom. The van der Waals surface area contributed by atoms with Crippen LogP contribution in [0.15, 0.2) is 41.6 Å². The lowest BCUT2D eigenvalue weighted by atomic mass is 9.90. The summed E-state index contributed by atoms with van der Waals surface area (Å²) in [6, 6.07) is 6.46. The van der Waals surface area contributed by atoms with Crippen LogP contribution in [0.4, 0.5) is 0 Å². The van der Waals surface area contributed by atoms with Crippen molar-refractivity contribution in [2.75, 3.05) is 13.1 Å². The van der Waals surface area contributed by atoms with Gasteiger partial charge in [0.1, 0.15) is 17.5 Å². The predicted octanol–water partition coefficient (Wildman–Crippen LogP) is 1.44. The molecule has 9 heteroatoms. The third kappa shape index (κ3) is 3.48. The summed E-state index contributed by atoms with van der Waals surface area (Å²) >= 11 is 0. The molecule has 2 fully saturated rings. The zero-order chi connectivity index (χ0) is 21.8. The molecule has 0 radical (unpaired) electrons. The highest BCUT2D eigenvalue weighted by Crippen LogP contribution is 2.47. The van der Waals surface area contributed by atoms with Gasteiger partial charge in [0.2, 0.25) is 5.91 Å². The maximum atomic E-state index is 13.0. The molecule has 0 spiro atoms. The van der Waals surface area contributed by atoms with Crippen molar-refractivity contribution in [2.45, 2.75) is 44.8 Å². The van der Waals surface area contributed by atoms with Crippen LogP contribution in [0.2, 0.25) is 0 Å². The molecule has 1 amide bonds. The number of hydrogen-bond acceptors (Lipinski definition) is 6. The first-order valence-corrected chi connectivity index (χ1v) is 10.5. The van der Waals surface area contributed by atoms with E-state index in [-0.39, 0.29) is 29.2 Å². The van der Waals surface area contributed by atoms with E-state index >= 15 is 0 Å².